The Kier molecular flexibility index (Phi) is 9.38. The molecule has 0 aromatic carbocycles. The van der Waals surface area contributed by atoms with Crippen LogP contribution in [0.25, 0.3) is 0 Å². The minimum absolute atomic E-state index is 0.694. The molecule has 0 spiro atoms. The highest BCUT2D eigenvalue weighted by Crippen LogP contribution is 2.36. The van der Waals surface area contributed by atoms with Crippen molar-refractivity contribution in [2.75, 3.05) is 0 Å². The molecule has 2 rings (SSSR count). The first-order valence-corrected chi connectivity index (χ1v) is 9.28. The number of rotatable bonds is 1. The standard InChI is InChI=1S/C14H26.ClOP/c1-2-6-10-13(9-5-1)14-11-7-3-4-8-12-14;1-3-2/h13-14H,1-12H2;/p+1. The van der Waals surface area contributed by atoms with E-state index in [1.165, 1.54) is 51.4 Å². The number of hydrogen-bond donors (Lipinski definition) is 0. The van der Waals surface area contributed by atoms with Gasteiger partial charge in [0.25, 0.3) is 0 Å². The minimum atomic E-state index is -0.694. The maximum Gasteiger partial charge on any atom is 0.441 e. The van der Waals surface area contributed by atoms with Crippen molar-refractivity contribution in [1.29, 1.82) is 0 Å². The lowest BCUT2D eigenvalue weighted by atomic mass is 9.81. The molecule has 0 amide bonds. The summed E-state index contributed by atoms with van der Waals surface area (Å²) in [6.07, 6.45) is 18.4. The van der Waals surface area contributed by atoms with Crippen molar-refractivity contribution in [3.63, 3.8) is 0 Å². The van der Waals surface area contributed by atoms with Gasteiger partial charge in [-0.2, -0.15) is 0 Å². The lowest BCUT2D eigenvalue weighted by molar-refractivity contribution is 0.269. The maximum atomic E-state index is 8.72. The molecule has 0 radical (unpaired) electrons. The summed E-state index contributed by atoms with van der Waals surface area (Å²) < 4.78 is 8.72. The van der Waals surface area contributed by atoms with Crippen LogP contribution < -0.4 is 0 Å². The molecule has 0 aromatic rings. The zero-order valence-corrected chi connectivity index (χ0v) is 12.7. The van der Waals surface area contributed by atoms with Crippen LogP contribution in [-0.4, -0.2) is 0 Å². The van der Waals surface area contributed by atoms with Gasteiger partial charge in [0.1, 0.15) is 0 Å². The smallest absolute Gasteiger partial charge is 0.0545 e. The van der Waals surface area contributed by atoms with Crippen LogP contribution in [0.15, 0.2) is 0 Å². The zero-order chi connectivity index (χ0) is 12.3. The van der Waals surface area contributed by atoms with Crippen molar-refractivity contribution in [3.05, 3.63) is 0 Å². The number of hydrogen-bond acceptors (Lipinski definition) is 1. The van der Waals surface area contributed by atoms with E-state index in [1.54, 1.807) is 25.7 Å². The Labute approximate surface area is 113 Å². The number of halogens is 1. The molecular weight excluding hydrogens is 251 g/mol. The molecule has 0 aliphatic heterocycles. The quantitative estimate of drug-likeness (QED) is 0.418. The Morgan fingerprint density at radius 3 is 1.12 bits per heavy atom. The predicted molar refractivity (Wildman–Crippen MR) is 77.2 cm³/mol. The Balaban J connectivity index is 0.000000437. The maximum absolute atomic E-state index is 8.72. The van der Waals surface area contributed by atoms with Crippen LogP contribution in [0.2, 0.25) is 0 Å². The van der Waals surface area contributed by atoms with E-state index in [9.17, 15) is 0 Å². The summed E-state index contributed by atoms with van der Waals surface area (Å²) in [5, 5.41) is 0. The lowest BCUT2D eigenvalue weighted by Gasteiger charge is -2.24. The summed E-state index contributed by atoms with van der Waals surface area (Å²) >= 11 is 4.47. The SMILES string of the molecule is C1CCCC(C2CCCCCC2)CC1.O=[PH+]Cl. The lowest BCUT2D eigenvalue weighted by Crippen LogP contribution is -2.13. The van der Waals surface area contributed by atoms with Gasteiger partial charge in [0.2, 0.25) is 11.2 Å². The van der Waals surface area contributed by atoms with Gasteiger partial charge in [0.05, 0.1) is 0 Å². The Hall–Kier alpha value is 0.390. The molecule has 0 heterocycles. The monoisotopic (exact) mass is 277 g/mol. The van der Waals surface area contributed by atoms with E-state index in [4.69, 9.17) is 4.57 Å². The molecule has 1 unspecified atom stereocenters. The van der Waals surface area contributed by atoms with Crippen molar-refractivity contribution in [2.24, 2.45) is 11.8 Å². The second-order valence-electron chi connectivity index (χ2n) is 5.58. The summed E-state index contributed by atoms with van der Waals surface area (Å²) in [6, 6.07) is 0. The third-order valence-corrected chi connectivity index (χ3v) is 4.47. The van der Waals surface area contributed by atoms with E-state index < -0.39 is 7.81 Å². The molecule has 0 bridgehead atoms. The average molecular weight is 278 g/mol. The van der Waals surface area contributed by atoms with Crippen molar-refractivity contribution >= 4 is 19.1 Å². The fraction of sp³-hybridized carbons (Fsp3) is 1.00. The van der Waals surface area contributed by atoms with Crippen molar-refractivity contribution in [3.8, 4) is 0 Å². The zero-order valence-electron chi connectivity index (χ0n) is 10.9. The molecular formula is C14H27ClOP+. The van der Waals surface area contributed by atoms with E-state index in [2.05, 4.69) is 11.2 Å². The molecule has 100 valence electrons. The molecule has 1 nitrogen and oxygen atoms in total. The highest BCUT2D eigenvalue weighted by Gasteiger charge is 2.23. The topological polar surface area (TPSA) is 17.1 Å². The van der Waals surface area contributed by atoms with Gasteiger partial charge in [-0.3, -0.25) is 0 Å². The summed E-state index contributed by atoms with van der Waals surface area (Å²) in [7, 11) is -0.694. The first-order valence-electron chi connectivity index (χ1n) is 7.36. The summed E-state index contributed by atoms with van der Waals surface area (Å²) in [5.74, 6) is 2.24. The van der Waals surface area contributed by atoms with Gasteiger partial charge in [-0.05, 0) is 11.8 Å². The van der Waals surface area contributed by atoms with Crippen LogP contribution >= 0.6 is 19.1 Å². The summed E-state index contributed by atoms with van der Waals surface area (Å²) in [4.78, 5) is 0. The van der Waals surface area contributed by atoms with Crippen LogP contribution in [0.5, 0.6) is 0 Å². The van der Waals surface area contributed by atoms with Gasteiger partial charge in [-0.25, -0.2) is 0 Å². The van der Waals surface area contributed by atoms with Crippen molar-refractivity contribution < 1.29 is 4.57 Å². The van der Waals surface area contributed by atoms with E-state index in [0.717, 1.165) is 11.8 Å². The van der Waals surface area contributed by atoms with Gasteiger partial charge in [-0.15, -0.1) is 0 Å². The molecule has 0 N–H and O–H groups in total. The van der Waals surface area contributed by atoms with Crippen LogP contribution in [-0.2, 0) is 4.57 Å². The van der Waals surface area contributed by atoms with Crippen LogP contribution in [0.4, 0.5) is 0 Å². The summed E-state index contributed by atoms with van der Waals surface area (Å²) in [6.45, 7) is 0. The van der Waals surface area contributed by atoms with Gasteiger partial charge in [0.15, 0.2) is 0 Å². The van der Waals surface area contributed by atoms with Crippen molar-refractivity contribution in [1.82, 2.24) is 0 Å². The largest absolute Gasteiger partial charge is 0.441 e. The molecule has 1 atom stereocenters. The molecule has 0 aromatic heterocycles. The third kappa shape index (κ3) is 6.77. The molecule has 17 heavy (non-hydrogen) atoms. The third-order valence-electron chi connectivity index (χ3n) is 4.47. The molecule has 2 saturated carbocycles. The van der Waals surface area contributed by atoms with Gasteiger partial charge in [-0.1, -0.05) is 81.6 Å². The van der Waals surface area contributed by atoms with Gasteiger partial charge < -0.3 is 0 Å². The second-order valence-corrected chi connectivity index (χ2v) is 6.20. The molecule has 2 aliphatic rings. The minimum Gasteiger partial charge on any atom is -0.0545 e. The van der Waals surface area contributed by atoms with Gasteiger partial charge in [0, 0.05) is 0 Å². The van der Waals surface area contributed by atoms with E-state index >= 15 is 0 Å². The fourth-order valence-electron chi connectivity index (χ4n) is 3.56. The predicted octanol–water partition coefficient (Wildman–Crippen LogP) is 6.09. The van der Waals surface area contributed by atoms with Gasteiger partial charge >= 0.3 is 7.81 Å². The van der Waals surface area contributed by atoms with E-state index in [1.807, 2.05) is 0 Å². The Bertz CT molecular complexity index is 165. The fourth-order valence-corrected chi connectivity index (χ4v) is 3.56. The highest BCUT2D eigenvalue weighted by molar-refractivity contribution is 7.57. The van der Waals surface area contributed by atoms with Crippen LogP contribution in [0, 0.1) is 11.8 Å². The Morgan fingerprint density at radius 2 is 0.882 bits per heavy atom. The molecule has 2 aliphatic carbocycles. The second kappa shape index (κ2) is 10.3. The van der Waals surface area contributed by atoms with Crippen LogP contribution in [0.1, 0.15) is 77.0 Å². The van der Waals surface area contributed by atoms with Crippen LogP contribution in [0.3, 0.4) is 0 Å². The summed E-state index contributed by atoms with van der Waals surface area (Å²) in [5.41, 5.74) is 0. The molecule has 0 saturated heterocycles. The van der Waals surface area contributed by atoms with Crippen molar-refractivity contribution in [2.45, 2.75) is 77.0 Å². The normalized spacial score (nSPS) is 24.5. The Morgan fingerprint density at radius 1 is 0.647 bits per heavy atom. The van der Waals surface area contributed by atoms with E-state index in [-0.39, 0.29) is 0 Å². The van der Waals surface area contributed by atoms with E-state index in [0.29, 0.717) is 0 Å². The molecule has 2 fully saturated rings. The highest BCUT2D eigenvalue weighted by atomic mass is 35.7. The molecule has 3 heteroatoms. The average Bonchev–Trinajstić information content (AvgIpc) is 2.74. The first kappa shape index (κ1) is 15.4. The first-order chi connectivity index (χ1) is 8.38.